The SMILES string of the molecule is [2H]N(C(=O)C=C)c1ccc(OC)c(/C=C/C2CCC(F)(F)CC2)c1. The van der Waals surface area contributed by atoms with Gasteiger partial charge < -0.3 is 10.0 Å². The van der Waals surface area contributed by atoms with E-state index in [-0.39, 0.29) is 18.8 Å². The topological polar surface area (TPSA) is 38.3 Å². The van der Waals surface area contributed by atoms with Gasteiger partial charge in [-0.25, -0.2) is 8.78 Å². The number of carbonyl (C=O) groups excluding carboxylic acids is 1. The zero-order chi connectivity index (χ0) is 17.7. The second-order valence-corrected chi connectivity index (χ2v) is 5.63. The Morgan fingerprint density at radius 1 is 1.48 bits per heavy atom. The fraction of sp³-hybridized carbons (Fsp3) is 0.389. The van der Waals surface area contributed by atoms with Crippen molar-refractivity contribution in [2.24, 2.45) is 5.92 Å². The van der Waals surface area contributed by atoms with Crippen LogP contribution in [0.4, 0.5) is 14.5 Å². The van der Waals surface area contributed by atoms with Crippen molar-refractivity contribution in [2.75, 3.05) is 12.4 Å². The lowest BCUT2D eigenvalue weighted by Gasteiger charge is -2.26. The van der Waals surface area contributed by atoms with Crippen LogP contribution >= 0.6 is 0 Å². The molecule has 1 aromatic carbocycles. The second kappa shape index (κ2) is 7.40. The van der Waals surface area contributed by atoms with Gasteiger partial charge in [-0.05, 0) is 43.0 Å². The van der Waals surface area contributed by atoms with Gasteiger partial charge in [-0.1, -0.05) is 18.7 Å². The van der Waals surface area contributed by atoms with Crippen LogP contribution in [0.5, 0.6) is 5.75 Å². The lowest BCUT2D eigenvalue weighted by molar-refractivity contribution is -0.111. The van der Waals surface area contributed by atoms with Gasteiger partial charge in [0.2, 0.25) is 11.8 Å². The molecule has 3 nitrogen and oxygen atoms in total. The van der Waals surface area contributed by atoms with Gasteiger partial charge in [0.25, 0.3) is 0 Å². The van der Waals surface area contributed by atoms with Crippen molar-refractivity contribution in [3.05, 3.63) is 42.5 Å². The summed E-state index contributed by atoms with van der Waals surface area (Å²) >= 11 is 0. The largest absolute Gasteiger partial charge is 0.496 e. The molecule has 0 bridgehead atoms. The molecule has 1 aromatic rings. The van der Waals surface area contributed by atoms with Crippen LogP contribution in [0.3, 0.4) is 0 Å². The van der Waals surface area contributed by atoms with Gasteiger partial charge in [-0.15, -0.1) is 0 Å². The molecule has 124 valence electrons. The van der Waals surface area contributed by atoms with E-state index in [2.05, 4.69) is 6.58 Å². The molecule has 0 unspecified atom stereocenters. The number of methoxy groups -OCH3 is 1. The Bertz CT molecular complexity index is 636. The zero-order valence-electron chi connectivity index (χ0n) is 14.1. The van der Waals surface area contributed by atoms with Gasteiger partial charge in [-0.3, -0.25) is 4.79 Å². The van der Waals surface area contributed by atoms with Crippen molar-refractivity contribution in [3.63, 3.8) is 0 Å². The monoisotopic (exact) mass is 322 g/mol. The molecule has 0 aliphatic heterocycles. The Balaban J connectivity index is 2.17. The average molecular weight is 322 g/mol. The first-order chi connectivity index (χ1) is 11.4. The van der Waals surface area contributed by atoms with Crippen molar-refractivity contribution in [3.8, 4) is 5.75 Å². The maximum absolute atomic E-state index is 13.2. The highest BCUT2D eigenvalue weighted by atomic mass is 19.3. The molecule has 1 aliphatic rings. The maximum Gasteiger partial charge on any atom is 0.248 e. The molecule has 0 spiro atoms. The standard InChI is InChI=1S/C18H21F2NO2/c1-3-17(22)21-15-6-7-16(23-2)14(12-15)5-4-13-8-10-18(19,20)11-9-13/h3-7,12-13H,1,8-11H2,2H3,(H,21,22)/b5-4+/i/hD. The number of rotatable bonds is 5. The summed E-state index contributed by atoms with van der Waals surface area (Å²) in [6.45, 7) is 3.36. The van der Waals surface area contributed by atoms with Crippen LogP contribution in [0.2, 0.25) is 1.41 Å². The van der Waals surface area contributed by atoms with Crippen molar-refractivity contribution in [1.82, 2.24) is 0 Å². The van der Waals surface area contributed by atoms with E-state index < -0.39 is 11.8 Å². The normalized spacial score (nSPS) is 18.5. The quantitative estimate of drug-likeness (QED) is 0.801. The highest BCUT2D eigenvalue weighted by molar-refractivity contribution is 5.99. The Labute approximate surface area is 136 Å². The minimum absolute atomic E-state index is 0.0898. The second-order valence-electron chi connectivity index (χ2n) is 5.63. The van der Waals surface area contributed by atoms with Crippen LogP contribution in [0, 0.1) is 5.92 Å². The number of alkyl halides is 2. The van der Waals surface area contributed by atoms with E-state index in [1.54, 1.807) is 18.2 Å². The number of benzene rings is 1. The Kier molecular flexibility index (Phi) is 5.05. The molecule has 1 N–H and O–H groups in total. The molecule has 0 heterocycles. The van der Waals surface area contributed by atoms with E-state index in [0.29, 0.717) is 29.8 Å². The van der Waals surface area contributed by atoms with Gasteiger partial charge in [0.05, 0.1) is 7.11 Å². The van der Waals surface area contributed by atoms with Crippen molar-refractivity contribution in [1.29, 1.82) is 0 Å². The number of ether oxygens (including phenoxy) is 1. The number of carbonyl (C=O) groups is 1. The number of allylic oxidation sites excluding steroid dienone is 1. The van der Waals surface area contributed by atoms with Crippen LogP contribution in [0.15, 0.2) is 36.9 Å². The fourth-order valence-corrected chi connectivity index (χ4v) is 2.59. The van der Waals surface area contributed by atoms with E-state index >= 15 is 0 Å². The Morgan fingerprint density at radius 3 is 2.78 bits per heavy atom. The molecular formula is C18H21F2NO2. The number of amides is 1. The molecule has 0 saturated heterocycles. The fourth-order valence-electron chi connectivity index (χ4n) is 2.59. The van der Waals surface area contributed by atoms with E-state index in [4.69, 9.17) is 6.15 Å². The summed E-state index contributed by atoms with van der Waals surface area (Å²) in [4.78, 5) is 11.5. The van der Waals surface area contributed by atoms with Crippen LogP contribution in [0.1, 0.15) is 31.2 Å². The summed E-state index contributed by atoms with van der Waals surface area (Å²) in [6.07, 6.45) is 5.50. The molecular weight excluding hydrogens is 300 g/mol. The van der Waals surface area contributed by atoms with Crippen molar-refractivity contribution in [2.45, 2.75) is 31.6 Å². The zero-order valence-corrected chi connectivity index (χ0v) is 13.1. The number of hydrogen-bond donors (Lipinski definition) is 1. The third-order valence-corrected chi connectivity index (χ3v) is 3.94. The summed E-state index contributed by atoms with van der Waals surface area (Å²) in [5, 5.41) is 0.741. The molecule has 0 atom stereocenters. The molecule has 0 radical (unpaired) electrons. The van der Waals surface area contributed by atoms with Gasteiger partial charge in [-0.2, -0.15) is 0 Å². The van der Waals surface area contributed by atoms with Gasteiger partial charge >= 0.3 is 0 Å². The molecule has 1 aliphatic carbocycles. The molecule has 2 rings (SSSR count). The van der Waals surface area contributed by atoms with Crippen LogP contribution in [-0.2, 0) is 4.79 Å². The molecule has 23 heavy (non-hydrogen) atoms. The van der Waals surface area contributed by atoms with Crippen LogP contribution in [-0.4, -0.2) is 18.9 Å². The highest BCUT2D eigenvalue weighted by Gasteiger charge is 2.33. The Morgan fingerprint density at radius 2 is 2.17 bits per heavy atom. The minimum atomic E-state index is -2.54. The molecule has 5 heteroatoms. The summed E-state index contributed by atoms with van der Waals surface area (Å²) in [6, 6.07) is 4.93. The average Bonchev–Trinajstić information content (AvgIpc) is 2.59. The van der Waals surface area contributed by atoms with E-state index in [1.165, 1.54) is 7.11 Å². The van der Waals surface area contributed by atoms with E-state index in [0.717, 1.165) is 11.4 Å². The molecule has 1 fully saturated rings. The minimum Gasteiger partial charge on any atom is -0.496 e. The summed E-state index contributed by atoms with van der Waals surface area (Å²) in [5.74, 6) is -2.39. The lowest BCUT2D eigenvalue weighted by atomic mass is 9.86. The van der Waals surface area contributed by atoms with Gasteiger partial charge in [0.15, 0.2) is 1.41 Å². The van der Waals surface area contributed by atoms with Crippen molar-refractivity contribution >= 4 is 17.7 Å². The first kappa shape index (κ1) is 15.7. The summed E-state index contributed by atoms with van der Waals surface area (Å²) in [7, 11) is 1.53. The third kappa shape index (κ3) is 4.91. The Hall–Kier alpha value is -2.17. The predicted molar refractivity (Wildman–Crippen MR) is 87.8 cm³/mol. The first-order valence-corrected chi connectivity index (χ1v) is 7.56. The number of halogens is 2. The van der Waals surface area contributed by atoms with Crippen LogP contribution in [0.25, 0.3) is 6.08 Å². The van der Waals surface area contributed by atoms with E-state index in [1.807, 2.05) is 12.2 Å². The number of nitrogens with one attached hydrogen (secondary N) is 1. The molecule has 1 amide bonds. The number of anilines is 1. The van der Waals surface area contributed by atoms with Crippen LogP contribution < -0.4 is 10.0 Å². The smallest absolute Gasteiger partial charge is 0.248 e. The maximum atomic E-state index is 13.2. The predicted octanol–water partition coefficient (Wildman–Crippen LogP) is 4.66. The van der Waals surface area contributed by atoms with Gasteiger partial charge in [0.1, 0.15) is 5.75 Å². The van der Waals surface area contributed by atoms with Gasteiger partial charge in [0, 0.05) is 24.1 Å². The third-order valence-electron chi connectivity index (χ3n) is 3.94. The highest BCUT2D eigenvalue weighted by Crippen LogP contribution is 2.37. The first-order valence-electron chi connectivity index (χ1n) is 8.00. The molecule has 1 saturated carbocycles. The summed E-state index contributed by atoms with van der Waals surface area (Å²) in [5.41, 5.74) is 1.08. The van der Waals surface area contributed by atoms with Crippen molar-refractivity contribution < 1.29 is 19.7 Å². The summed E-state index contributed by atoms with van der Waals surface area (Å²) < 4.78 is 39.5. The lowest BCUT2D eigenvalue weighted by Crippen LogP contribution is -2.23. The number of hydrogen-bond acceptors (Lipinski definition) is 2. The molecule has 0 aromatic heterocycles. The van der Waals surface area contributed by atoms with E-state index in [9.17, 15) is 13.6 Å².